The van der Waals surface area contributed by atoms with Crippen LogP contribution < -0.4 is 4.74 Å². The van der Waals surface area contributed by atoms with E-state index in [4.69, 9.17) is 0 Å². The number of aromatic nitrogens is 1. The molecule has 1 rings (SSSR count). The van der Waals surface area contributed by atoms with Crippen molar-refractivity contribution in [1.29, 1.82) is 0 Å². The van der Waals surface area contributed by atoms with Crippen molar-refractivity contribution in [3.05, 3.63) is 17.3 Å². The third-order valence-corrected chi connectivity index (χ3v) is 2.62. The summed E-state index contributed by atoms with van der Waals surface area (Å²) in [6.45, 7) is 0. The number of carbonyl (C=O) groups excluding carboxylic acids is 1. The Labute approximate surface area is 114 Å². The zero-order valence-electron chi connectivity index (χ0n) is 9.62. The summed E-state index contributed by atoms with van der Waals surface area (Å²) in [4.78, 5) is 14.5. The molecule has 0 fully saturated rings. The summed E-state index contributed by atoms with van der Waals surface area (Å²) < 4.78 is 44.6. The summed E-state index contributed by atoms with van der Waals surface area (Å²) in [6, 6.07) is 1.04. The Balaban J connectivity index is 3.14. The second kappa shape index (κ2) is 6.09. The monoisotopic (exact) mass is 343 g/mol. The molecule has 1 aromatic rings. The minimum atomic E-state index is -4.91. The third kappa shape index (κ3) is 4.58. The average molecular weight is 344 g/mol. The van der Waals surface area contributed by atoms with E-state index in [0.29, 0.717) is 0 Å². The quantitative estimate of drug-likeness (QED) is 0.671. The zero-order valence-corrected chi connectivity index (χ0v) is 11.2. The fraction of sp³-hybridized carbons (Fsp3) is 0.400. The first-order valence-electron chi connectivity index (χ1n) is 4.87. The van der Waals surface area contributed by atoms with Crippen LogP contribution in [0.4, 0.5) is 13.2 Å². The first-order valence-corrected chi connectivity index (χ1v) is 5.99. The van der Waals surface area contributed by atoms with Crippen LogP contribution in [-0.2, 0) is 21.3 Å². The van der Waals surface area contributed by atoms with Gasteiger partial charge in [-0.05, 0) is 6.07 Å². The topological polar surface area (TPSA) is 68.7 Å². The van der Waals surface area contributed by atoms with Crippen LogP contribution >= 0.6 is 15.9 Å². The van der Waals surface area contributed by atoms with Crippen LogP contribution in [0.5, 0.6) is 11.6 Å². The summed E-state index contributed by atoms with van der Waals surface area (Å²) in [5.41, 5.74) is -0.251. The number of pyridine rings is 1. The van der Waals surface area contributed by atoms with Crippen molar-refractivity contribution in [3.8, 4) is 11.6 Å². The van der Waals surface area contributed by atoms with Crippen molar-refractivity contribution in [2.75, 3.05) is 7.11 Å². The summed E-state index contributed by atoms with van der Waals surface area (Å²) in [5.74, 6) is -1.87. The number of ether oxygens (including phenoxy) is 2. The molecule has 0 aliphatic rings. The Morgan fingerprint density at radius 2 is 2.16 bits per heavy atom. The molecule has 0 amide bonds. The molecule has 0 radical (unpaired) electrons. The smallest absolute Gasteiger partial charge is 0.506 e. The maximum Gasteiger partial charge on any atom is 0.574 e. The Hall–Kier alpha value is -1.51. The second-order valence-electron chi connectivity index (χ2n) is 3.35. The molecule has 0 spiro atoms. The van der Waals surface area contributed by atoms with Crippen molar-refractivity contribution in [2.24, 2.45) is 0 Å². The minimum Gasteiger partial charge on any atom is -0.506 e. The molecule has 1 heterocycles. The number of halogens is 4. The van der Waals surface area contributed by atoms with E-state index in [1.165, 1.54) is 0 Å². The molecule has 5 nitrogen and oxygen atoms in total. The number of carbonyl (C=O) groups is 1. The van der Waals surface area contributed by atoms with Crippen molar-refractivity contribution in [1.82, 2.24) is 4.98 Å². The number of rotatable bonds is 4. The highest BCUT2D eigenvalue weighted by molar-refractivity contribution is 9.08. The standard InChI is InChI=1S/C10H9BrF3NO4/c1-18-8(17)3-6-7(16)2-5(4-11)9(15-6)19-10(12,13)14/h2,16H,3-4H2,1H3. The highest BCUT2D eigenvalue weighted by Crippen LogP contribution is 2.30. The molecule has 0 atom stereocenters. The van der Waals surface area contributed by atoms with Crippen molar-refractivity contribution < 1.29 is 32.5 Å². The molecule has 106 valence electrons. The van der Waals surface area contributed by atoms with Gasteiger partial charge in [0.05, 0.1) is 19.2 Å². The molecular weight excluding hydrogens is 335 g/mol. The molecule has 0 unspecified atom stereocenters. The maximum absolute atomic E-state index is 12.2. The molecule has 0 aromatic carbocycles. The summed E-state index contributed by atoms with van der Waals surface area (Å²) in [7, 11) is 1.11. The Morgan fingerprint density at radius 3 is 2.63 bits per heavy atom. The van der Waals surface area contributed by atoms with Gasteiger partial charge in [-0.2, -0.15) is 0 Å². The Bertz CT molecular complexity index is 479. The summed E-state index contributed by atoms with van der Waals surface area (Å²) >= 11 is 2.95. The highest BCUT2D eigenvalue weighted by Gasteiger charge is 2.33. The fourth-order valence-corrected chi connectivity index (χ4v) is 1.60. The average Bonchev–Trinajstić information content (AvgIpc) is 2.30. The molecule has 0 aliphatic heterocycles. The number of alkyl halides is 4. The van der Waals surface area contributed by atoms with Gasteiger partial charge in [-0.1, -0.05) is 15.9 Å². The normalized spacial score (nSPS) is 11.2. The largest absolute Gasteiger partial charge is 0.574 e. The van der Waals surface area contributed by atoms with E-state index >= 15 is 0 Å². The summed E-state index contributed by atoms with van der Waals surface area (Å²) in [6.07, 6.45) is -5.37. The highest BCUT2D eigenvalue weighted by atomic mass is 79.9. The molecule has 0 saturated heterocycles. The zero-order chi connectivity index (χ0) is 14.6. The van der Waals surface area contributed by atoms with Crippen LogP contribution in [0, 0.1) is 0 Å². The van der Waals surface area contributed by atoms with Gasteiger partial charge < -0.3 is 14.6 Å². The number of hydrogen-bond acceptors (Lipinski definition) is 5. The van der Waals surface area contributed by atoms with Crippen LogP contribution in [0.25, 0.3) is 0 Å². The van der Waals surface area contributed by atoms with Gasteiger partial charge >= 0.3 is 12.3 Å². The van der Waals surface area contributed by atoms with Gasteiger partial charge in [0.2, 0.25) is 5.88 Å². The lowest BCUT2D eigenvalue weighted by Gasteiger charge is -2.13. The van der Waals surface area contributed by atoms with Crippen molar-refractivity contribution in [2.45, 2.75) is 18.1 Å². The van der Waals surface area contributed by atoms with E-state index in [9.17, 15) is 23.1 Å². The van der Waals surface area contributed by atoms with Gasteiger partial charge in [0.1, 0.15) is 5.75 Å². The molecule has 1 aromatic heterocycles. The van der Waals surface area contributed by atoms with E-state index in [1.54, 1.807) is 0 Å². The van der Waals surface area contributed by atoms with Crippen molar-refractivity contribution >= 4 is 21.9 Å². The van der Waals surface area contributed by atoms with Crippen LogP contribution in [0.2, 0.25) is 0 Å². The molecule has 0 bridgehead atoms. The van der Waals surface area contributed by atoms with E-state index < -0.39 is 30.4 Å². The third-order valence-electron chi connectivity index (χ3n) is 2.01. The maximum atomic E-state index is 12.2. The molecule has 9 heteroatoms. The van der Waals surface area contributed by atoms with Gasteiger partial charge in [-0.15, -0.1) is 13.2 Å². The summed E-state index contributed by atoms with van der Waals surface area (Å²) in [5, 5.41) is 9.56. The molecule has 1 N–H and O–H groups in total. The number of methoxy groups -OCH3 is 1. The Morgan fingerprint density at radius 1 is 1.53 bits per heavy atom. The van der Waals surface area contributed by atoms with Crippen molar-refractivity contribution in [3.63, 3.8) is 0 Å². The SMILES string of the molecule is COC(=O)Cc1nc(OC(F)(F)F)c(CBr)cc1O. The van der Waals surface area contributed by atoms with Crippen LogP contribution in [0.1, 0.15) is 11.3 Å². The number of nitrogens with zero attached hydrogens (tertiary/aromatic N) is 1. The second-order valence-corrected chi connectivity index (χ2v) is 3.91. The van der Waals surface area contributed by atoms with Gasteiger partial charge in [0.25, 0.3) is 0 Å². The van der Waals surface area contributed by atoms with E-state index in [1.807, 2.05) is 0 Å². The number of esters is 1. The lowest BCUT2D eigenvalue weighted by molar-refractivity contribution is -0.276. The Kier molecular flexibility index (Phi) is 4.98. The molecule has 0 aliphatic carbocycles. The van der Waals surface area contributed by atoms with Gasteiger partial charge in [-0.3, -0.25) is 4.79 Å². The number of hydrogen-bond donors (Lipinski definition) is 1. The van der Waals surface area contributed by atoms with Gasteiger partial charge in [-0.25, -0.2) is 4.98 Å². The van der Waals surface area contributed by atoms with Crippen LogP contribution in [0.15, 0.2) is 6.07 Å². The number of aromatic hydroxyl groups is 1. The predicted molar refractivity (Wildman–Crippen MR) is 60.9 cm³/mol. The first kappa shape index (κ1) is 15.5. The van der Waals surface area contributed by atoms with E-state index in [2.05, 4.69) is 30.4 Å². The van der Waals surface area contributed by atoms with E-state index in [0.717, 1.165) is 13.2 Å². The van der Waals surface area contributed by atoms with Crippen LogP contribution in [-0.4, -0.2) is 29.5 Å². The minimum absolute atomic E-state index is 0.00250. The predicted octanol–water partition coefficient (Wildman–Crippen LogP) is 2.30. The van der Waals surface area contributed by atoms with Gasteiger partial charge in [0, 0.05) is 10.9 Å². The lowest BCUT2D eigenvalue weighted by atomic mass is 10.2. The lowest BCUT2D eigenvalue weighted by Crippen LogP contribution is -2.19. The molecule has 19 heavy (non-hydrogen) atoms. The van der Waals surface area contributed by atoms with E-state index in [-0.39, 0.29) is 16.6 Å². The molecule has 0 saturated carbocycles. The molecular formula is C10H9BrF3NO4. The first-order chi connectivity index (χ1) is 8.76. The fourth-order valence-electron chi connectivity index (χ4n) is 1.19. The van der Waals surface area contributed by atoms with Gasteiger partial charge in [0.15, 0.2) is 0 Å². The van der Waals surface area contributed by atoms with Crippen LogP contribution in [0.3, 0.4) is 0 Å².